The summed E-state index contributed by atoms with van der Waals surface area (Å²) in [6.45, 7) is 8.64. The highest BCUT2D eigenvalue weighted by molar-refractivity contribution is 5.24. The molecule has 2 aliphatic heterocycles. The molecule has 5 nitrogen and oxygen atoms in total. The predicted octanol–water partition coefficient (Wildman–Crippen LogP) is 3.61. The number of anilines is 1. The number of benzene rings is 1. The number of nitrogens with one attached hydrogen (secondary N) is 1. The third-order valence-electron chi connectivity index (χ3n) is 6.45. The van der Waals surface area contributed by atoms with Gasteiger partial charge in [-0.05, 0) is 63.2 Å². The molecule has 1 N–H and O–H groups in total. The van der Waals surface area contributed by atoms with Gasteiger partial charge in [0.15, 0.2) is 0 Å². The van der Waals surface area contributed by atoms with Crippen LogP contribution in [0.5, 0.6) is 0 Å². The minimum atomic E-state index is 0.468. The summed E-state index contributed by atoms with van der Waals surface area (Å²) < 4.78 is 0. The number of hydrogen-bond acceptors (Lipinski definition) is 5. The maximum atomic E-state index is 4.42. The first-order valence-corrected chi connectivity index (χ1v) is 10.7. The molecule has 2 aromatic rings. The smallest absolute Gasteiger partial charge is 0.222 e. The summed E-state index contributed by atoms with van der Waals surface area (Å²) in [5.74, 6) is 1.39. The van der Waals surface area contributed by atoms with Crippen LogP contribution in [0.1, 0.15) is 43.2 Å². The monoisotopic (exact) mass is 379 g/mol. The van der Waals surface area contributed by atoms with Crippen LogP contribution in [-0.4, -0.2) is 59.5 Å². The zero-order valence-corrected chi connectivity index (χ0v) is 17.3. The van der Waals surface area contributed by atoms with Crippen LogP contribution in [0, 0.1) is 5.41 Å². The van der Waals surface area contributed by atoms with E-state index in [2.05, 4.69) is 69.4 Å². The average Bonchev–Trinajstić information content (AvgIpc) is 2.72. The number of nitrogens with zero attached hydrogens (tertiary/aromatic N) is 4. The molecule has 28 heavy (non-hydrogen) atoms. The summed E-state index contributed by atoms with van der Waals surface area (Å²) in [4.78, 5) is 14.0. The summed E-state index contributed by atoms with van der Waals surface area (Å²) in [7, 11) is 2.30. The highest BCUT2D eigenvalue weighted by Crippen LogP contribution is 2.44. The molecule has 1 aromatic carbocycles. The molecule has 1 unspecified atom stereocenters. The number of likely N-dealkylation sites (N-methyl/N-ethyl adjacent to an activating group) is 1. The molecule has 0 radical (unpaired) electrons. The first-order valence-electron chi connectivity index (χ1n) is 10.7. The lowest BCUT2D eigenvalue weighted by Crippen LogP contribution is -2.50. The van der Waals surface area contributed by atoms with Crippen LogP contribution in [-0.2, 0) is 6.54 Å². The van der Waals surface area contributed by atoms with Crippen molar-refractivity contribution in [1.82, 2.24) is 19.8 Å². The van der Waals surface area contributed by atoms with Crippen molar-refractivity contribution in [3.05, 3.63) is 53.9 Å². The lowest BCUT2D eigenvalue weighted by molar-refractivity contribution is 0.0218. The van der Waals surface area contributed by atoms with Gasteiger partial charge in [0.2, 0.25) is 5.95 Å². The number of piperidine rings is 2. The van der Waals surface area contributed by atoms with Gasteiger partial charge in [0, 0.05) is 44.1 Å². The zero-order chi connectivity index (χ0) is 19.4. The van der Waals surface area contributed by atoms with E-state index in [4.69, 9.17) is 0 Å². The quantitative estimate of drug-likeness (QED) is 0.860. The summed E-state index contributed by atoms with van der Waals surface area (Å²) >= 11 is 0. The van der Waals surface area contributed by atoms with E-state index in [1.807, 2.05) is 12.4 Å². The SMILES string of the molecule is CCNc1ncc(CN2CCC3(CC2)CC(c2ccccc2)CN(C)C3)cn1. The molecule has 3 heterocycles. The van der Waals surface area contributed by atoms with Crippen LogP contribution in [0.25, 0.3) is 0 Å². The van der Waals surface area contributed by atoms with E-state index in [1.54, 1.807) is 0 Å². The highest BCUT2D eigenvalue weighted by Gasteiger charge is 2.41. The molecule has 0 aliphatic carbocycles. The fraction of sp³-hybridized carbons (Fsp3) is 0.565. The molecular weight excluding hydrogens is 346 g/mol. The van der Waals surface area contributed by atoms with Crippen molar-refractivity contribution in [2.75, 3.05) is 45.1 Å². The second kappa shape index (κ2) is 8.58. The highest BCUT2D eigenvalue weighted by atomic mass is 15.2. The first-order chi connectivity index (χ1) is 13.7. The molecule has 1 spiro atoms. The van der Waals surface area contributed by atoms with Gasteiger partial charge in [0.05, 0.1) is 0 Å². The molecule has 4 rings (SSSR count). The summed E-state index contributed by atoms with van der Waals surface area (Å²) in [6, 6.07) is 11.1. The Bertz CT molecular complexity index is 737. The molecule has 2 aliphatic rings. The van der Waals surface area contributed by atoms with Gasteiger partial charge in [-0.3, -0.25) is 4.90 Å². The maximum absolute atomic E-state index is 4.42. The molecule has 2 fully saturated rings. The van der Waals surface area contributed by atoms with E-state index in [0.29, 0.717) is 11.3 Å². The zero-order valence-electron chi connectivity index (χ0n) is 17.3. The molecule has 2 saturated heterocycles. The van der Waals surface area contributed by atoms with Crippen molar-refractivity contribution in [2.24, 2.45) is 5.41 Å². The van der Waals surface area contributed by atoms with E-state index >= 15 is 0 Å². The molecule has 1 aromatic heterocycles. The van der Waals surface area contributed by atoms with Gasteiger partial charge in [-0.15, -0.1) is 0 Å². The van der Waals surface area contributed by atoms with Gasteiger partial charge in [0.25, 0.3) is 0 Å². The molecule has 150 valence electrons. The third-order valence-corrected chi connectivity index (χ3v) is 6.45. The fourth-order valence-corrected chi connectivity index (χ4v) is 5.11. The van der Waals surface area contributed by atoms with Crippen molar-refractivity contribution in [3.63, 3.8) is 0 Å². The lowest BCUT2D eigenvalue weighted by atomic mass is 9.68. The average molecular weight is 380 g/mol. The minimum Gasteiger partial charge on any atom is -0.355 e. The van der Waals surface area contributed by atoms with Crippen LogP contribution in [0.3, 0.4) is 0 Å². The van der Waals surface area contributed by atoms with Crippen LogP contribution < -0.4 is 5.32 Å². The van der Waals surface area contributed by atoms with Crippen LogP contribution in [0.4, 0.5) is 5.95 Å². The van der Waals surface area contributed by atoms with E-state index in [0.717, 1.165) is 19.0 Å². The topological polar surface area (TPSA) is 44.3 Å². The molecule has 1 atom stereocenters. The van der Waals surface area contributed by atoms with Crippen LogP contribution in [0.2, 0.25) is 0 Å². The van der Waals surface area contributed by atoms with Gasteiger partial charge >= 0.3 is 0 Å². The van der Waals surface area contributed by atoms with Crippen molar-refractivity contribution in [3.8, 4) is 0 Å². The van der Waals surface area contributed by atoms with Crippen LogP contribution in [0.15, 0.2) is 42.7 Å². The third kappa shape index (κ3) is 4.53. The van der Waals surface area contributed by atoms with E-state index < -0.39 is 0 Å². The molecular formula is C23H33N5. The largest absolute Gasteiger partial charge is 0.355 e. The van der Waals surface area contributed by atoms with Gasteiger partial charge in [-0.2, -0.15) is 0 Å². The second-order valence-corrected chi connectivity index (χ2v) is 8.73. The van der Waals surface area contributed by atoms with Crippen molar-refractivity contribution in [2.45, 2.75) is 38.6 Å². The molecule has 0 saturated carbocycles. The molecule has 0 amide bonds. The first kappa shape index (κ1) is 19.3. The lowest BCUT2D eigenvalue weighted by Gasteiger charge is -2.49. The van der Waals surface area contributed by atoms with Gasteiger partial charge in [-0.25, -0.2) is 9.97 Å². The number of aromatic nitrogens is 2. The number of likely N-dealkylation sites (tertiary alicyclic amines) is 2. The van der Waals surface area contributed by atoms with Gasteiger partial charge in [0.1, 0.15) is 0 Å². The number of hydrogen-bond donors (Lipinski definition) is 1. The fourth-order valence-electron chi connectivity index (χ4n) is 5.11. The Morgan fingerprint density at radius 2 is 1.82 bits per heavy atom. The van der Waals surface area contributed by atoms with Crippen LogP contribution >= 0.6 is 0 Å². The Morgan fingerprint density at radius 1 is 1.11 bits per heavy atom. The molecule has 5 heteroatoms. The van der Waals surface area contributed by atoms with E-state index in [9.17, 15) is 0 Å². The Morgan fingerprint density at radius 3 is 2.50 bits per heavy atom. The van der Waals surface area contributed by atoms with Gasteiger partial charge < -0.3 is 10.2 Å². The van der Waals surface area contributed by atoms with Crippen molar-refractivity contribution in [1.29, 1.82) is 0 Å². The predicted molar refractivity (Wildman–Crippen MR) is 114 cm³/mol. The normalized spacial score (nSPS) is 23.0. The van der Waals surface area contributed by atoms with E-state index in [1.165, 1.54) is 56.6 Å². The summed E-state index contributed by atoms with van der Waals surface area (Å²) in [6.07, 6.45) is 7.84. The second-order valence-electron chi connectivity index (χ2n) is 8.73. The minimum absolute atomic E-state index is 0.468. The van der Waals surface area contributed by atoms with Gasteiger partial charge in [-0.1, -0.05) is 30.3 Å². The Kier molecular flexibility index (Phi) is 5.93. The summed E-state index contributed by atoms with van der Waals surface area (Å²) in [5, 5.41) is 3.16. The summed E-state index contributed by atoms with van der Waals surface area (Å²) in [5.41, 5.74) is 3.18. The van der Waals surface area contributed by atoms with E-state index in [-0.39, 0.29) is 0 Å². The van der Waals surface area contributed by atoms with Crippen molar-refractivity contribution < 1.29 is 0 Å². The standard InChI is InChI=1S/C23H33N5/c1-3-24-22-25-14-19(15-26-22)16-28-11-9-23(10-12-28)13-21(17-27(2)18-23)20-7-5-4-6-8-20/h4-8,14-15,21H,3,9-13,16-18H2,1-2H3,(H,24,25,26). The number of rotatable bonds is 5. The molecule has 0 bridgehead atoms. The maximum Gasteiger partial charge on any atom is 0.222 e. The Labute approximate surface area is 169 Å². The Balaban J connectivity index is 1.35. The Hall–Kier alpha value is -1.98. The van der Waals surface area contributed by atoms with Crippen molar-refractivity contribution >= 4 is 5.95 Å².